The molecule has 0 N–H and O–H groups in total. The van der Waals surface area contributed by atoms with Crippen LogP contribution in [0.15, 0.2) is 18.2 Å². The molecule has 4 nitrogen and oxygen atoms in total. The van der Waals surface area contributed by atoms with Crippen LogP contribution < -0.4 is 4.74 Å². The van der Waals surface area contributed by atoms with E-state index in [-0.39, 0.29) is 5.69 Å². The number of ether oxygens (including phenoxy) is 1. The zero-order valence-corrected chi connectivity index (χ0v) is 11.5. The maximum absolute atomic E-state index is 10.6. The van der Waals surface area contributed by atoms with Crippen molar-refractivity contribution in [2.45, 2.75) is 6.92 Å². The summed E-state index contributed by atoms with van der Waals surface area (Å²) in [6.07, 6.45) is 0. The molecule has 90 valence electrons. The summed E-state index contributed by atoms with van der Waals surface area (Å²) in [5.41, 5.74) is 0.582. The molecule has 1 rings (SSSR count). The van der Waals surface area contributed by atoms with Gasteiger partial charge in [0.05, 0.1) is 0 Å². The molecule has 0 fully saturated rings. The van der Waals surface area contributed by atoms with Gasteiger partial charge in [0, 0.05) is 0 Å². The van der Waals surface area contributed by atoms with Crippen LogP contribution >= 0.6 is 19.4 Å². The topological polar surface area (TPSA) is 52.4 Å². The van der Waals surface area contributed by atoms with Crippen molar-refractivity contribution in [3.63, 3.8) is 0 Å². The molecule has 0 aliphatic rings. The molecular formula is C9H9Cl2NO3Ru. The molecule has 16 heavy (non-hydrogen) atoms. The predicted molar refractivity (Wildman–Crippen MR) is 61.1 cm³/mol. The van der Waals surface area contributed by atoms with Crippen molar-refractivity contribution < 1.29 is 23.2 Å². The van der Waals surface area contributed by atoms with Gasteiger partial charge in [-0.2, -0.15) is 0 Å². The Morgan fingerprint density at radius 2 is 2.25 bits per heavy atom. The van der Waals surface area contributed by atoms with Crippen molar-refractivity contribution in [2.24, 2.45) is 0 Å². The van der Waals surface area contributed by atoms with Crippen molar-refractivity contribution in [3.05, 3.63) is 33.9 Å². The number of benzene rings is 1. The van der Waals surface area contributed by atoms with E-state index in [0.717, 1.165) is 0 Å². The van der Waals surface area contributed by atoms with Crippen LogP contribution in [0.1, 0.15) is 12.5 Å². The van der Waals surface area contributed by atoms with Gasteiger partial charge in [0.15, 0.2) is 0 Å². The second-order valence-electron chi connectivity index (χ2n) is 2.72. The van der Waals surface area contributed by atoms with E-state index in [1.807, 2.05) is 6.92 Å². The second kappa shape index (κ2) is 6.28. The SMILES string of the molecule is CCOc1ccc([N+](=O)[O-])cc1[CH]=[Ru]([Cl])[Cl]. The molecule has 0 unspecified atom stereocenters. The van der Waals surface area contributed by atoms with Gasteiger partial charge in [-0.1, -0.05) is 0 Å². The van der Waals surface area contributed by atoms with Crippen LogP contribution in [0.4, 0.5) is 5.69 Å². The first-order valence-electron chi connectivity index (χ1n) is 4.29. The van der Waals surface area contributed by atoms with E-state index >= 15 is 0 Å². The molecule has 0 heterocycles. The van der Waals surface area contributed by atoms with E-state index in [0.29, 0.717) is 17.9 Å². The van der Waals surface area contributed by atoms with Crippen molar-refractivity contribution >= 4 is 29.7 Å². The molecule has 0 amide bonds. The van der Waals surface area contributed by atoms with E-state index in [1.165, 1.54) is 12.1 Å². The predicted octanol–water partition coefficient (Wildman–Crippen LogP) is 3.07. The Bertz CT molecular complexity index is 433. The zero-order chi connectivity index (χ0) is 12.1. The Balaban J connectivity index is 3.21. The molecule has 7 heteroatoms. The maximum atomic E-state index is 10.6. The third-order valence-electron chi connectivity index (χ3n) is 1.69. The molecule has 0 aliphatic carbocycles. The number of non-ortho nitro benzene ring substituents is 1. The van der Waals surface area contributed by atoms with Gasteiger partial charge in [-0.15, -0.1) is 0 Å². The van der Waals surface area contributed by atoms with Crippen molar-refractivity contribution in [3.8, 4) is 5.75 Å². The number of nitrogens with zero attached hydrogens (tertiary/aromatic N) is 1. The fraction of sp³-hybridized carbons (Fsp3) is 0.222. The van der Waals surface area contributed by atoms with Gasteiger partial charge >= 0.3 is 106 Å². The monoisotopic (exact) mass is 351 g/mol. The van der Waals surface area contributed by atoms with Crippen LogP contribution in [0.3, 0.4) is 0 Å². The van der Waals surface area contributed by atoms with Crippen LogP contribution in [-0.4, -0.2) is 16.1 Å². The van der Waals surface area contributed by atoms with Crippen LogP contribution in [0, 0.1) is 10.1 Å². The summed E-state index contributed by atoms with van der Waals surface area (Å²) in [7, 11) is 11.5. The third kappa shape index (κ3) is 3.82. The molecule has 0 aliphatic heterocycles. The van der Waals surface area contributed by atoms with E-state index in [2.05, 4.69) is 0 Å². The summed E-state index contributed by atoms with van der Waals surface area (Å²) in [4.78, 5) is 10.1. The molecule has 0 bridgehead atoms. The summed E-state index contributed by atoms with van der Waals surface area (Å²) in [5.74, 6) is 0.563. The first kappa shape index (κ1) is 13.6. The Labute approximate surface area is 106 Å². The van der Waals surface area contributed by atoms with Gasteiger partial charge in [-0.3, -0.25) is 0 Å². The fourth-order valence-electron chi connectivity index (χ4n) is 1.10. The summed E-state index contributed by atoms with van der Waals surface area (Å²) in [6.45, 7) is 2.32. The van der Waals surface area contributed by atoms with Crippen LogP contribution in [-0.2, 0) is 13.5 Å². The molecule has 0 saturated heterocycles. The first-order valence-corrected chi connectivity index (χ1v) is 9.77. The Morgan fingerprint density at radius 3 is 2.75 bits per heavy atom. The quantitative estimate of drug-likeness (QED) is 0.476. The Kier molecular flexibility index (Phi) is 5.32. The minimum atomic E-state index is -2.03. The van der Waals surface area contributed by atoms with E-state index in [1.54, 1.807) is 10.7 Å². The van der Waals surface area contributed by atoms with E-state index in [9.17, 15) is 10.1 Å². The van der Waals surface area contributed by atoms with Crippen LogP contribution in [0.25, 0.3) is 0 Å². The van der Waals surface area contributed by atoms with Gasteiger partial charge in [0.2, 0.25) is 0 Å². The molecule has 0 radical (unpaired) electrons. The van der Waals surface area contributed by atoms with Crippen molar-refractivity contribution in [2.75, 3.05) is 6.61 Å². The molecule has 1 aromatic carbocycles. The van der Waals surface area contributed by atoms with Crippen LogP contribution in [0.5, 0.6) is 5.75 Å². The zero-order valence-electron chi connectivity index (χ0n) is 8.30. The van der Waals surface area contributed by atoms with Gasteiger partial charge in [-0.05, 0) is 0 Å². The molecule has 0 atom stereocenters. The Morgan fingerprint density at radius 1 is 1.56 bits per heavy atom. The first-order chi connectivity index (χ1) is 7.54. The van der Waals surface area contributed by atoms with Gasteiger partial charge in [0.25, 0.3) is 0 Å². The summed E-state index contributed by atoms with van der Waals surface area (Å²) in [6, 6.07) is 4.36. The number of rotatable bonds is 4. The number of halogens is 2. The minimum absolute atomic E-state index is 0.00143. The van der Waals surface area contributed by atoms with Gasteiger partial charge in [-0.25, -0.2) is 0 Å². The molecular weight excluding hydrogens is 342 g/mol. The molecule has 0 aromatic heterocycles. The number of hydrogen-bond donors (Lipinski definition) is 0. The van der Waals surface area contributed by atoms with Gasteiger partial charge in [0.1, 0.15) is 0 Å². The number of hydrogen-bond acceptors (Lipinski definition) is 3. The average Bonchev–Trinajstić information content (AvgIpc) is 2.19. The Hall–Kier alpha value is -0.507. The number of nitro benzene ring substituents is 1. The molecule has 0 saturated carbocycles. The standard InChI is InChI=1S/C9H9NO3.2ClH.Ru/c1-3-13-9-5-4-8(10(11)12)6-7(9)2;;;/h2,4-6H,3H2,1H3;2*1H;/q;;;+2/p-2. The van der Waals surface area contributed by atoms with E-state index in [4.69, 9.17) is 24.1 Å². The van der Waals surface area contributed by atoms with Crippen molar-refractivity contribution in [1.29, 1.82) is 0 Å². The van der Waals surface area contributed by atoms with Crippen LogP contribution in [0.2, 0.25) is 0 Å². The van der Waals surface area contributed by atoms with Crippen molar-refractivity contribution in [1.82, 2.24) is 0 Å². The van der Waals surface area contributed by atoms with Gasteiger partial charge < -0.3 is 0 Å². The summed E-state index contributed by atoms with van der Waals surface area (Å²) < 4.78 is 6.95. The summed E-state index contributed by atoms with van der Waals surface area (Å²) >= 11 is -2.03. The van der Waals surface area contributed by atoms with E-state index < -0.39 is 18.4 Å². The number of nitro groups is 1. The normalized spacial score (nSPS) is 10.8. The third-order valence-corrected chi connectivity index (χ3v) is 3.52. The fourth-order valence-corrected chi connectivity index (χ4v) is 2.88. The molecule has 0 spiro atoms. The summed E-state index contributed by atoms with van der Waals surface area (Å²) in [5, 5.41) is 10.6. The average molecular weight is 351 g/mol. The molecule has 1 aromatic rings. The second-order valence-corrected chi connectivity index (χ2v) is 8.44.